The van der Waals surface area contributed by atoms with E-state index in [1.807, 2.05) is 11.9 Å². The number of halogens is 1. The molecule has 1 atom stereocenters. The van der Waals surface area contributed by atoms with Gasteiger partial charge in [0.1, 0.15) is 0 Å². The minimum absolute atomic E-state index is 0. The average molecular weight is 265 g/mol. The summed E-state index contributed by atoms with van der Waals surface area (Å²) in [6, 6.07) is 1.03. The topological polar surface area (TPSA) is 43.8 Å². The maximum atomic E-state index is 10.7. The van der Waals surface area contributed by atoms with Crippen LogP contribution in [0, 0.1) is 0 Å². The van der Waals surface area contributed by atoms with E-state index in [1.165, 1.54) is 6.42 Å². The number of likely N-dealkylation sites (tertiary alicyclic amines) is 1. The number of rotatable bonds is 4. The van der Waals surface area contributed by atoms with Gasteiger partial charge in [-0.05, 0) is 53.2 Å². The minimum Gasteiger partial charge on any atom is -0.480 e. The lowest BCUT2D eigenvalue weighted by molar-refractivity contribution is -0.138. The van der Waals surface area contributed by atoms with Crippen molar-refractivity contribution in [3.8, 4) is 0 Å². The Hall–Kier alpha value is -0.320. The van der Waals surface area contributed by atoms with Gasteiger partial charge in [-0.25, -0.2) is 0 Å². The first-order valence-corrected chi connectivity index (χ1v) is 6.16. The molecule has 1 unspecified atom stereocenters. The highest BCUT2D eigenvalue weighted by atomic mass is 35.5. The van der Waals surface area contributed by atoms with Gasteiger partial charge in [-0.15, -0.1) is 12.4 Å². The monoisotopic (exact) mass is 264 g/mol. The maximum absolute atomic E-state index is 10.7. The van der Waals surface area contributed by atoms with Gasteiger partial charge in [0.25, 0.3) is 0 Å². The summed E-state index contributed by atoms with van der Waals surface area (Å²) in [6.45, 7) is 6.84. The zero-order chi connectivity index (χ0) is 12.1. The number of likely N-dealkylation sites (N-methyl/N-ethyl adjacent to an activating group) is 1. The Labute approximate surface area is 110 Å². The molecule has 0 radical (unpaired) electrons. The van der Waals surface area contributed by atoms with Crippen LogP contribution in [-0.4, -0.2) is 59.6 Å². The molecule has 0 bridgehead atoms. The lowest BCUT2D eigenvalue weighted by Gasteiger charge is -2.27. The Balaban J connectivity index is 0.00000256. The standard InChI is InChI=1S/C12H24N2O2.ClH/c1-10(2)14-7-4-5-11(6-8-14)13(3)9-12(15)16;/h10-11H,4-9H2,1-3H3,(H,15,16);1H. The second kappa shape index (κ2) is 7.90. The third-order valence-corrected chi connectivity index (χ3v) is 3.47. The normalized spacial score (nSPS) is 22.3. The lowest BCUT2D eigenvalue weighted by atomic mass is 10.1. The fraction of sp³-hybridized carbons (Fsp3) is 0.917. The molecular weight excluding hydrogens is 240 g/mol. The molecule has 0 aliphatic carbocycles. The molecule has 1 rings (SSSR count). The highest BCUT2D eigenvalue weighted by Gasteiger charge is 2.22. The second-order valence-electron chi connectivity index (χ2n) is 5.02. The molecule has 0 amide bonds. The van der Waals surface area contributed by atoms with Crippen molar-refractivity contribution in [2.45, 2.75) is 45.2 Å². The molecule has 1 N–H and O–H groups in total. The zero-order valence-electron chi connectivity index (χ0n) is 11.1. The zero-order valence-corrected chi connectivity index (χ0v) is 11.9. The lowest BCUT2D eigenvalue weighted by Crippen LogP contribution is -2.37. The molecule has 5 heteroatoms. The molecule has 0 aromatic heterocycles. The summed E-state index contributed by atoms with van der Waals surface area (Å²) in [6.07, 6.45) is 3.38. The predicted molar refractivity (Wildman–Crippen MR) is 71.9 cm³/mol. The van der Waals surface area contributed by atoms with E-state index in [1.54, 1.807) is 0 Å². The first-order chi connectivity index (χ1) is 7.50. The van der Waals surface area contributed by atoms with Crippen LogP contribution < -0.4 is 0 Å². The van der Waals surface area contributed by atoms with Crippen LogP contribution in [0.15, 0.2) is 0 Å². The largest absolute Gasteiger partial charge is 0.480 e. The van der Waals surface area contributed by atoms with Crippen LogP contribution in [0.4, 0.5) is 0 Å². The van der Waals surface area contributed by atoms with Crippen molar-refractivity contribution in [2.24, 2.45) is 0 Å². The van der Waals surface area contributed by atoms with Gasteiger partial charge < -0.3 is 10.0 Å². The van der Waals surface area contributed by atoms with Gasteiger partial charge in [-0.3, -0.25) is 9.69 Å². The van der Waals surface area contributed by atoms with Gasteiger partial charge in [0.2, 0.25) is 0 Å². The summed E-state index contributed by atoms with van der Waals surface area (Å²) < 4.78 is 0. The maximum Gasteiger partial charge on any atom is 0.317 e. The number of hydrogen-bond donors (Lipinski definition) is 1. The Kier molecular flexibility index (Phi) is 7.75. The van der Waals surface area contributed by atoms with Gasteiger partial charge >= 0.3 is 5.97 Å². The Morgan fingerprint density at radius 1 is 1.41 bits per heavy atom. The van der Waals surface area contributed by atoms with Crippen molar-refractivity contribution in [1.82, 2.24) is 9.80 Å². The van der Waals surface area contributed by atoms with Crippen molar-refractivity contribution >= 4 is 18.4 Å². The molecule has 1 heterocycles. The number of carboxylic acids is 1. The summed E-state index contributed by atoms with van der Waals surface area (Å²) in [5, 5.41) is 8.77. The first kappa shape index (κ1) is 16.7. The number of nitrogens with zero attached hydrogens (tertiary/aromatic N) is 2. The van der Waals surface area contributed by atoms with Crippen LogP contribution in [0.25, 0.3) is 0 Å². The van der Waals surface area contributed by atoms with Gasteiger partial charge in [-0.1, -0.05) is 0 Å². The van der Waals surface area contributed by atoms with Crippen molar-refractivity contribution in [3.05, 3.63) is 0 Å². The average Bonchev–Trinajstić information content (AvgIpc) is 2.41. The highest BCUT2D eigenvalue weighted by Crippen LogP contribution is 2.17. The fourth-order valence-corrected chi connectivity index (χ4v) is 2.40. The van der Waals surface area contributed by atoms with Gasteiger partial charge in [0, 0.05) is 12.1 Å². The minimum atomic E-state index is -0.729. The summed E-state index contributed by atoms with van der Waals surface area (Å²) in [5.74, 6) is -0.729. The van der Waals surface area contributed by atoms with Crippen molar-refractivity contribution < 1.29 is 9.90 Å². The van der Waals surface area contributed by atoms with Gasteiger partial charge in [0.05, 0.1) is 6.54 Å². The van der Waals surface area contributed by atoms with E-state index in [4.69, 9.17) is 5.11 Å². The molecule has 1 saturated heterocycles. The van der Waals surface area contributed by atoms with E-state index in [2.05, 4.69) is 18.7 Å². The predicted octanol–water partition coefficient (Wildman–Crippen LogP) is 1.69. The molecule has 1 fully saturated rings. The third-order valence-electron chi connectivity index (χ3n) is 3.47. The second-order valence-corrected chi connectivity index (χ2v) is 5.02. The number of aliphatic carboxylic acids is 1. The van der Waals surface area contributed by atoms with Crippen LogP contribution in [0.2, 0.25) is 0 Å². The molecule has 102 valence electrons. The van der Waals surface area contributed by atoms with E-state index >= 15 is 0 Å². The molecule has 0 aromatic rings. The smallest absolute Gasteiger partial charge is 0.317 e. The Morgan fingerprint density at radius 2 is 2.06 bits per heavy atom. The SMILES string of the molecule is CC(C)N1CCCC(N(C)CC(=O)O)CC1.Cl. The van der Waals surface area contributed by atoms with Crippen LogP contribution in [-0.2, 0) is 4.79 Å². The van der Waals surface area contributed by atoms with E-state index in [-0.39, 0.29) is 19.0 Å². The molecular formula is C12H25ClN2O2. The molecule has 17 heavy (non-hydrogen) atoms. The number of carboxylic acid groups (broad SMARTS) is 1. The van der Waals surface area contributed by atoms with Crippen LogP contribution in [0.1, 0.15) is 33.1 Å². The van der Waals surface area contributed by atoms with Crippen LogP contribution >= 0.6 is 12.4 Å². The highest BCUT2D eigenvalue weighted by molar-refractivity contribution is 5.85. The first-order valence-electron chi connectivity index (χ1n) is 6.16. The number of hydrogen-bond acceptors (Lipinski definition) is 3. The Bertz CT molecular complexity index is 237. The van der Waals surface area contributed by atoms with Gasteiger partial charge in [0.15, 0.2) is 0 Å². The van der Waals surface area contributed by atoms with E-state index in [0.717, 1.165) is 25.9 Å². The van der Waals surface area contributed by atoms with E-state index < -0.39 is 5.97 Å². The molecule has 1 aliphatic rings. The fourth-order valence-electron chi connectivity index (χ4n) is 2.40. The summed E-state index contributed by atoms with van der Waals surface area (Å²) in [4.78, 5) is 15.1. The van der Waals surface area contributed by atoms with Crippen molar-refractivity contribution in [3.63, 3.8) is 0 Å². The van der Waals surface area contributed by atoms with Crippen molar-refractivity contribution in [1.29, 1.82) is 0 Å². The summed E-state index contributed by atoms with van der Waals surface area (Å²) >= 11 is 0. The van der Waals surface area contributed by atoms with Crippen LogP contribution in [0.3, 0.4) is 0 Å². The Morgan fingerprint density at radius 3 is 2.59 bits per heavy atom. The van der Waals surface area contributed by atoms with E-state index in [9.17, 15) is 4.79 Å². The van der Waals surface area contributed by atoms with Crippen LogP contribution in [0.5, 0.6) is 0 Å². The summed E-state index contributed by atoms with van der Waals surface area (Å²) in [5.41, 5.74) is 0. The number of carbonyl (C=O) groups is 1. The summed E-state index contributed by atoms with van der Waals surface area (Å²) in [7, 11) is 1.92. The molecule has 0 spiro atoms. The molecule has 0 aromatic carbocycles. The molecule has 1 aliphatic heterocycles. The van der Waals surface area contributed by atoms with Gasteiger partial charge in [-0.2, -0.15) is 0 Å². The third kappa shape index (κ3) is 5.70. The van der Waals surface area contributed by atoms with E-state index in [0.29, 0.717) is 12.1 Å². The quantitative estimate of drug-likeness (QED) is 0.839. The molecule has 0 saturated carbocycles. The molecule has 4 nitrogen and oxygen atoms in total. The van der Waals surface area contributed by atoms with Crippen molar-refractivity contribution in [2.75, 3.05) is 26.7 Å².